The van der Waals surface area contributed by atoms with E-state index in [1.165, 1.54) is 11.1 Å². The van der Waals surface area contributed by atoms with Crippen LogP contribution in [0.4, 0.5) is 0 Å². The van der Waals surface area contributed by atoms with Gasteiger partial charge in [0.2, 0.25) is 0 Å². The molecule has 1 nitrogen and oxygen atoms in total. The van der Waals surface area contributed by atoms with Gasteiger partial charge in [-0.3, -0.25) is 0 Å². The summed E-state index contributed by atoms with van der Waals surface area (Å²) >= 11 is 0. The lowest BCUT2D eigenvalue weighted by molar-refractivity contribution is 0.161. The zero-order valence-corrected chi connectivity index (χ0v) is 10.0. The van der Waals surface area contributed by atoms with Crippen molar-refractivity contribution in [3.63, 3.8) is 0 Å². The summed E-state index contributed by atoms with van der Waals surface area (Å²) in [6.07, 6.45) is 0.581. The number of aliphatic hydroxyl groups is 1. The van der Waals surface area contributed by atoms with Crippen LogP contribution in [0.2, 0.25) is 0 Å². The van der Waals surface area contributed by atoms with Crippen LogP contribution in [-0.2, 0) is 5.41 Å². The maximum absolute atomic E-state index is 10.0. The lowest BCUT2D eigenvalue weighted by atomic mass is 9.86. The summed E-state index contributed by atoms with van der Waals surface area (Å²) in [6, 6.07) is 6.57. The van der Waals surface area contributed by atoms with Crippen LogP contribution in [0.1, 0.15) is 62.8 Å². The van der Waals surface area contributed by atoms with Gasteiger partial charge < -0.3 is 5.11 Å². The summed E-state index contributed by atoms with van der Waals surface area (Å²) in [7, 11) is 0. The molecule has 0 saturated heterocycles. The first-order chi connectivity index (χ1) is 6.92. The van der Waals surface area contributed by atoms with E-state index in [1.807, 2.05) is 0 Å². The van der Waals surface area contributed by atoms with Crippen LogP contribution in [0.3, 0.4) is 0 Å². The summed E-state index contributed by atoms with van der Waals surface area (Å²) in [4.78, 5) is 0. The van der Waals surface area contributed by atoms with Crippen molar-refractivity contribution in [2.75, 3.05) is 0 Å². The van der Waals surface area contributed by atoms with Crippen molar-refractivity contribution in [3.8, 4) is 0 Å². The third-order valence-corrected chi connectivity index (χ3v) is 3.53. The first kappa shape index (κ1) is 10.7. The van der Waals surface area contributed by atoms with Gasteiger partial charge in [0.15, 0.2) is 0 Å². The van der Waals surface area contributed by atoms with Crippen molar-refractivity contribution in [2.45, 2.75) is 51.6 Å². The Labute approximate surface area is 92.1 Å². The number of benzene rings is 1. The maximum Gasteiger partial charge on any atom is 0.0801 e. The van der Waals surface area contributed by atoms with E-state index < -0.39 is 0 Å². The molecular weight excluding hydrogens is 184 g/mol. The Kier molecular flexibility index (Phi) is 2.38. The summed E-state index contributed by atoms with van der Waals surface area (Å²) in [5, 5.41) is 10.0. The summed E-state index contributed by atoms with van der Waals surface area (Å²) in [5.74, 6) is 0.534. The Morgan fingerprint density at radius 2 is 2.00 bits per heavy atom. The van der Waals surface area contributed by atoms with E-state index in [1.54, 1.807) is 0 Å². The normalized spacial score (nSPS) is 23.2. The fourth-order valence-electron chi connectivity index (χ4n) is 2.54. The summed E-state index contributed by atoms with van der Waals surface area (Å²) < 4.78 is 0. The lowest BCUT2D eigenvalue weighted by Crippen LogP contribution is -2.12. The molecule has 82 valence electrons. The van der Waals surface area contributed by atoms with Gasteiger partial charge in [-0.05, 0) is 34.4 Å². The Morgan fingerprint density at radius 3 is 2.60 bits per heavy atom. The van der Waals surface area contributed by atoms with E-state index >= 15 is 0 Å². The third-order valence-electron chi connectivity index (χ3n) is 3.53. The van der Waals surface area contributed by atoms with Crippen LogP contribution in [0.15, 0.2) is 18.2 Å². The van der Waals surface area contributed by atoms with E-state index in [2.05, 4.69) is 45.9 Å². The molecule has 0 heterocycles. The molecule has 0 radical (unpaired) electrons. The van der Waals surface area contributed by atoms with Crippen LogP contribution in [0.25, 0.3) is 0 Å². The first-order valence-corrected chi connectivity index (χ1v) is 5.74. The Morgan fingerprint density at radius 1 is 1.33 bits per heavy atom. The van der Waals surface area contributed by atoms with Gasteiger partial charge in [-0.1, -0.05) is 45.9 Å². The smallest absolute Gasteiger partial charge is 0.0801 e. The van der Waals surface area contributed by atoms with Crippen molar-refractivity contribution in [1.82, 2.24) is 0 Å². The highest BCUT2D eigenvalue weighted by Gasteiger charge is 2.35. The molecule has 1 aliphatic rings. The zero-order chi connectivity index (χ0) is 11.2. The minimum atomic E-state index is -0.270. The van der Waals surface area contributed by atoms with Crippen molar-refractivity contribution in [1.29, 1.82) is 0 Å². The quantitative estimate of drug-likeness (QED) is 0.742. The van der Waals surface area contributed by atoms with Gasteiger partial charge in [0, 0.05) is 0 Å². The predicted molar refractivity (Wildman–Crippen MR) is 63.1 cm³/mol. The SMILES string of the molecule is CC(C)c1ccc2c(c1)[C@H](O)CC2(C)C. The van der Waals surface area contributed by atoms with Gasteiger partial charge in [0.1, 0.15) is 0 Å². The molecule has 15 heavy (non-hydrogen) atoms. The second kappa shape index (κ2) is 3.34. The molecule has 1 aliphatic carbocycles. The minimum Gasteiger partial charge on any atom is -0.388 e. The molecule has 2 rings (SSSR count). The third kappa shape index (κ3) is 1.69. The van der Waals surface area contributed by atoms with Crippen LogP contribution >= 0.6 is 0 Å². The largest absolute Gasteiger partial charge is 0.388 e. The molecular formula is C14H20O. The van der Waals surface area contributed by atoms with E-state index in [4.69, 9.17) is 0 Å². The van der Waals surface area contributed by atoms with Crippen LogP contribution in [0.5, 0.6) is 0 Å². The van der Waals surface area contributed by atoms with E-state index in [9.17, 15) is 5.11 Å². The zero-order valence-electron chi connectivity index (χ0n) is 10.0. The molecule has 0 saturated carbocycles. The molecule has 0 bridgehead atoms. The number of hydrogen-bond donors (Lipinski definition) is 1. The van der Waals surface area contributed by atoms with E-state index in [-0.39, 0.29) is 11.5 Å². The highest BCUT2D eigenvalue weighted by Crippen LogP contribution is 2.45. The van der Waals surface area contributed by atoms with Crippen molar-refractivity contribution in [3.05, 3.63) is 34.9 Å². The second-order valence-electron chi connectivity index (χ2n) is 5.61. The molecule has 1 heteroatoms. The fourth-order valence-corrected chi connectivity index (χ4v) is 2.54. The van der Waals surface area contributed by atoms with Gasteiger partial charge in [-0.2, -0.15) is 0 Å². The molecule has 0 fully saturated rings. The highest BCUT2D eigenvalue weighted by atomic mass is 16.3. The van der Waals surface area contributed by atoms with Crippen LogP contribution in [0, 0.1) is 0 Å². The molecule has 1 aromatic carbocycles. The van der Waals surface area contributed by atoms with Gasteiger partial charge in [0.05, 0.1) is 6.10 Å². The van der Waals surface area contributed by atoms with Gasteiger partial charge >= 0.3 is 0 Å². The molecule has 0 amide bonds. The van der Waals surface area contributed by atoms with E-state index in [0.717, 1.165) is 12.0 Å². The standard InChI is InChI=1S/C14H20O/c1-9(2)10-5-6-12-11(7-10)13(15)8-14(12,3)4/h5-7,9,13,15H,8H2,1-4H3/t13-/m1/s1. The predicted octanol–water partition coefficient (Wildman–Crippen LogP) is 3.52. The molecule has 1 aromatic rings. The highest BCUT2D eigenvalue weighted by molar-refractivity contribution is 5.43. The summed E-state index contributed by atoms with van der Waals surface area (Å²) in [5.41, 5.74) is 3.92. The van der Waals surface area contributed by atoms with E-state index in [0.29, 0.717) is 5.92 Å². The Bertz CT molecular complexity index is 377. The summed E-state index contributed by atoms with van der Waals surface area (Å²) in [6.45, 7) is 8.79. The van der Waals surface area contributed by atoms with Crippen molar-refractivity contribution >= 4 is 0 Å². The number of fused-ring (bicyclic) bond motifs is 1. The fraction of sp³-hybridized carbons (Fsp3) is 0.571. The van der Waals surface area contributed by atoms with Crippen molar-refractivity contribution in [2.24, 2.45) is 0 Å². The Hall–Kier alpha value is -0.820. The van der Waals surface area contributed by atoms with Gasteiger partial charge in [0.25, 0.3) is 0 Å². The molecule has 0 aromatic heterocycles. The molecule has 1 N–H and O–H groups in total. The second-order valence-corrected chi connectivity index (χ2v) is 5.61. The number of aliphatic hydroxyl groups excluding tert-OH is 1. The van der Waals surface area contributed by atoms with Gasteiger partial charge in [-0.25, -0.2) is 0 Å². The van der Waals surface area contributed by atoms with Crippen molar-refractivity contribution < 1.29 is 5.11 Å². The molecule has 0 unspecified atom stereocenters. The topological polar surface area (TPSA) is 20.2 Å². The maximum atomic E-state index is 10.0. The molecule has 0 spiro atoms. The lowest BCUT2D eigenvalue weighted by Gasteiger charge is -2.19. The first-order valence-electron chi connectivity index (χ1n) is 5.74. The average molecular weight is 204 g/mol. The minimum absolute atomic E-state index is 0.129. The van der Waals surface area contributed by atoms with Crippen LogP contribution in [-0.4, -0.2) is 5.11 Å². The molecule has 1 atom stereocenters. The van der Waals surface area contributed by atoms with Crippen LogP contribution < -0.4 is 0 Å². The molecule has 0 aliphatic heterocycles. The van der Waals surface area contributed by atoms with Gasteiger partial charge in [-0.15, -0.1) is 0 Å². The Balaban J connectivity index is 2.51. The number of hydrogen-bond acceptors (Lipinski definition) is 1. The number of rotatable bonds is 1. The average Bonchev–Trinajstić information content (AvgIpc) is 2.37. The monoisotopic (exact) mass is 204 g/mol.